The minimum Gasteiger partial charge on any atom is -0.375 e. The molecule has 12 heteroatoms. The van der Waals surface area contributed by atoms with E-state index in [0.29, 0.717) is 50.1 Å². The second-order valence-corrected chi connectivity index (χ2v) is 10.7. The predicted molar refractivity (Wildman–Crippen MR) is 151 cm³/mol. The van der Waals surface area contributed by atoms with Crippen molar-refractivity contribution in [3.05, 3.63) is 47.9 Å². The molecule has 5 rings (SSSR count). The number of alkyl halides is 2. The minimum atomic E-state index is -3.01. The van der Waals surface area contributed by atoms with Crippen LogP contribution in [0, 0.1) is 11.7 Å². The summed E-state index contributed by atoms with van der Waals surface area (Å²) in [5.74, 6) is -2.82. The highest BCUT2D eigenvalue weighted by atomic mass is 19.3. The van der Waals surface area contributed by atoms with Gasteiger partial charge in [0.05, 0.1) is 24.1 Å². The van der Waals surface area contributed by atoms with Crippen LogP contribution >= 0.6 is 0 Å². The number of aliphatic imine (C=N–C) groups is 1. The number of likely N-dealkylation sites (N-methyl/N-ethyl adjacent to an activating group) is 1. The number of pyridine rings is 1. The molecule has 1 aromatic heterocycles. The fourth-order valence-corrected chi connectivity index (χ4v) is 5.30. The smallest absolute Gasteiger partial charge is 0.269 e. The number of hydrogen-bond donors (Lipinski definition) is 1. The molecule has 4 heterocycles. The van der Waals surface area contributed by atoms with Crippen LogP contribution in [-0.2, 0) is 14.3 Å². The standard InChI is InChI=1S/C29H33F3N6O3/c1-17-15-37(7-6-36(17)3)25-12-23(30)20(19-4-5-26(33-13-19)38-8-9-41-18(2)16-38)10-24(25)35-29(40)22-14-34-27(39)11-21(22)28(31)32/h4-5,10-14,17-18,22,28H,6-9,15-16H2,1-3H3,(H,35,40)/t17-,18+,22?/m0/s1. The third kappa shape index (κ3) is 6.28. The van der Waals surface area contributed by atoms with Crippen LogP contribution in [0.5, 0.6) is 0 Å². The van der Waals surface area contributed by atoms with Crippen LogP contribution in [0.15, 0.2) is 47.1 Å². The van der Waals surface area contributed by atoms with Crippen molar-refractivity contribution in [3.8, 4) is 11.1 Å². The zero-order chi connectivity index (χ0) is 29.3. The monoisotopic (exact) mass is 570 g/mol. The Labute approximate surface area is 236 Å². The molecule has 218 valence electrons. The molecule has 3 aliphatic rings. The van der Waals surface area contributed by atoms with Crippen LogP contribution in [0.1, 0.15) is 13.8 Å². The van der Waals surface area contributed by atoms with E-state index >= 15 is 4.39 Å². The van der Waals surface area contributed by atoms with Gasteiger partial charge in [0, 0.05) is 74.0 Å². The number of carbonyl (C=O) groups is 2. The molecule has 0 saturated carbocycles. The van der Waals surface area contributed by atoms with Crippen molar-refractivity contribution in [2.45, 2.75) is 32.4 Å². The van der Waals surface area contributed by atoms with Gasteiger partial charge in [-0.2, -0.15) is 0 Å². The van der Waals surface area contributed by atoms with Crippen molar-refractivity contribution in [3.63, 3.8) is 0 Å². The van der Waals surface area contributed by atoms with Crippen molar-refractivity contribution < 1.29 is 27.5 Å². The summed E-state index contributed by atoms with van der Waals surface area (Å²) >= 11 is 0. The van der Waals surface area contributed by atoms with Gasteiger partial charge in [-0.1, -0.05) is 0 Å². The maximum atomic E-state index is 15.7. The summed E-state index contributed by atoms with van der Waals surface area (Å²) in [4.78, 5) is 39.2. The second-order valence-electron chi connectivity index (χ2n) is 10.7. The first-order chi connectivity index (χ1) is 19.6. The van der Waals surface area contributed by atoms with E-state index < -0.39 is 35.5 Å². The number of ether oxygens (including phenoxy) is 1. The molecule has 2 saturated heterocycles. The van der Waals surface area contributed by atoms with Crippen LogP contribution in [-0.4, -0.2) is 92.9 Å². The predicted octanol–water partition coefficient (Wildman–Crippen LogP) is 3.61. The van der Waals surface area contributed by atoms with E-state index in [0.717, 1.165) is 18.6 Å². The molecule has 9 nitrogen and oxygen atoms in total. The lowest BCUT2D eigenvalue weighted by molar-refractivity contribution is -0.117. The first-order valence-electron chi connectivity index (χ1n) is 13.6. The lowest BCUT2D eigenvalue weighted by atomic mass is 9.96. The van der Waals surface area contributed by atoms with Gasteiger partial charge < -0.3 is 24.8 Å². The Balaban J connectivity index is 1.48. The molecule has 1 aromatic carbocycles. The van der Waals surface area contributed by atoms with Gasteiger partial charge in [-0.05, 0) is 45.2 Å². The zero-order valence-corrected chi connectivity index (χ0v) is 23.2. The van der Waals surface area contributed by atoms with Crippen LogP contribution in [0.25, 0.3) is 11.1 Å². The normalized spacial score (nSPS) is 23.6. The third-order valence-electron chi connectivity index (χ3n) is 7.80. The van der Waals surface area contributed by atoms with Gasteiger partial charge >= 0.3 is 0 Å². The van der Waals surface area contributed by atoms with Gasteiger partial charge in [-0.15, -0.1) is 0 Å². The molecule has 2 aromatic rings. The largest absolute Gasteiger partial charge is 0.375 e. The molecule has 0 radical (unpaired) electrons. The number of morpholine rings is 1. The summed E-state index contributed by atoms with van der Waals surface area (Å²) in [5, 5.41) is 2.73. The van der Waals surface area contributed by atoms with Gasteiger partial charge in [0.15, 0.2) is 0 Å². The van der Waals surface area contributed by atoms with Crippen molar-refractivity contribution >= 4 is 35.2 Å². The third-order valence-corrected chi connectivity index (χ3v) is 7.80. The molecule has 3 aliphatic heterocycles. The Hall–Kier alpha value is -3.77. The minimum absolute atomic E-state index is 0.0754. The molecule has 1 unspecified atom stereocenters. The SMILES string of the molecule is C[C@@H]1CN(c2ccc(-c3cc(NC(=O)C4C=NC(=O)C=C4C(F)F)c(N4CCN(C)[C@@H](C)C4)cc3F)cn2)CCO1. The maximum Gasteiger partial charge on any atom is 0.269 e. The molecule has 1 N–H and O–H groups in total. The number of anilines is 3. The fourth-order valence-electron chi connectivity index (χ4n) is 5.30. The first kappa shape index (κ1) is 28.7. The van der Waals surface area contributed by atoms with E-state index in [4.69, 9.17) is 4.74 Å². The number of carbonyl (C=O) groups excluding carboxylic acids is 2. The van der Waals surface area contributed by atoms with E-state index in [1.54, 1.807) is 12.3 Å². The first-order valence-corrected chi connectivity index (χ1v) is 13.6. The van der Waals surface area contributed by atoms with E-state index in [9.17, 15) is 18.4 Å². The number of rotatable bonds is 6. The van der Waals surface area contributed by atoms with Gasteiger partial charge in [0.2, 0.25) is 5.91 Å². The Bertz CT molecular complexity index is 1370. The maximum absolute atomic E-state index is 15.7. The van der Waals surface area contributed by atoms with Gasteiger partial charge in [-0.25, -0.2) is 23.1 Å². The summed E-state index contributed by atoms with van der Waals surface area (Å²) in [6.07, 6.45) is 0.259. The van der Waals surface area contributed by atoms with Crippen LogP contribution in [0.3, 0.4) is 0 Å². The lowest BCUT2D eigenvalue weighted by Gasteiger charge is -2.40. The number of nitrogens with one attached hydrogen (secondary N) is 1. The van der Waals surface area contributed by atoms with Gasteiger partial charge in [0.25, 0.3) is 12.3 Å². The average Bonchev–Trinajstić information content (AvgIpc) is 2.95. The quantitative estimate of drug-likeness (QED) is 0.568. The Morgan fingerprint density at radius 1 is 1.12 bits per heavy atom. The van der Waals surface area contributed by atoms with E-state index in [2.05, 4.69) is 25.1 Å². The van der Waals surface area contributed by atoms with Gasteiger partial charge in [-0.3, -0.25) is 9.59 Å². The molecular formula is C29H33F3N6O3. The molecule has 41 heavy (non-hydrogen) atoms. The topological polar surface area (TPSA) is 90.4 Å². The van der Waals surface area contributed by atoms with Crippen molar-refractivity contribution in [1.82, 2.24) is 9.88 Å². The van der Waals surface area contributed by atoms with E-state index in [1.165, 1.54) is 12.1 Å². The molecule has 3 atom stereocenters. The van der Waals surface area contributed by atoms with Crippen molar-refractivity contribution in [2.75, 3.05) is 61.5 Å². The lowest BCUT2D eigenvalue weighted by Crippen LogP contribution is -2.50. The summed E-state index contributed by atoms with van der Waals surface area (Å²) in [7, 11) is 2.00. The Morgan fingerprint density at radius 3 is 2.61 bits per heavy atom. The number of aromatic nitrogens is 1. The van der Waals surface area contributed by atoms with Crippen LogP contribution in [0.2, 0.25) is 0 Å². The number of nitrogens with zero attached hydrogens (tertiary/aromatic N) is 5. The summed E-state index contributed by atoms with van der Waals surface area (Å²) < 4.78 is 48.6. The van der Waals surface area contributed by atoms with E-state index in [-0.39, 0.29) is 23.4 Å². The molecule has 2 amide bonds. The fraction of sp³-hybridized carbons (Fsp3) is 0.448. The average molecular weight is 571 g/mol. The number of piperazine rings is 1. The number of amides is 2. The number of benzene rings is 1. The highest BCUT2D eigenvalue weighted by Crippen LogP contribution is 2.36. The highest BCUT2D eigenvalue weighted by molar-refractivity contribution is 6.11. The molecule has 2 fully saturated rings. The second kappa shape index (κ2) is 12.0. The van der Waals surface area contributed by atoms with E-state index in [1.807, 2.05) is 31.9 Å². The molecule has 0 spiro atoms. The highest BCUT2D eigenvalue weighted by Gasteiger charge is 2.32. The van der Waals surface area contributed by atoms with Crippen LogP contribution < -0.4 is 15.1 Å². The summed E-state index contributed by atoms with van der Waals surface area (Å²) in [5.41, 5.74) is 0.792. The number of dihydropyridines is 1. The Kier molecular flexibility index (Phi) is 8.41. The van der Waals surface area contributed by atoms with Crippen molar-refractivity contribution in [1.29, 1.82) is 0 Å². The zero-order valence-electron chi connectivity index (χ0n) is 23.2. The number of halogens is 3. The number of hydrogen-bond acceptors (Lipinski definition) is 7. The summed E-state index contributed by atoms with van der Waals surface area (Å²) in [6.45, 7) is 7.91. The molecule has 0 aliphatic carbocycles. The van der Waals surface area contributed by atoms with Gasteiger partial charge in [0.1, 0.15) is 17.6 Å². The summed E-state index contributed by atoms with van der Waals surface area (Å²) in [6, 6.07) is 6.62. The van der Waals surface area contributed by atoms with Crippen molar-refractivity contribution in [2.24, 2.45) is 10.9 Å². The molecule has 0 bridgehead atoms. The molecular weight excluding hydrogens is 537 g/mol. The van der Waals surface area contributed by atoms with Crippen LogP contribution in [0.4, 0.5) is 30.4 Å². The Morgan fingerprint density at radius 2 is 1.93 bits per heavy atom.